The predicted molar refractivity (Wildman–Crippen MR) is 56.8 cm³/mol. The maximum absolute atomic E-state index is 11.6. The maximum Gasteiger partial charge on any atom is 0.278 e. The molecule has 0 unspecified atom stereocenters. The van der Waals surface area contributed by atoms with Crippen LogP contribution in [0.2, 0.25) is 0 Å². The summed E-state index contributed by atoms with van der Waals surface area (Å²) in [6.45, 7) is 4.14. The lowest BCUT2D eigenvalue weighted by Gasteiger charge is -2.09. The highest BCUT2D eigenvalue weighted by Gasteiger charge is 2.11. The smallest absolute Gasteiger partial charge is 0.278 e. The first-order valence-corrected chi connectivity index (χ1v) is 4.75. The van der Waals surface area contributed by atoms with Gasteiger partial charge in [-0.05, 0) is 26.0 Å². The van der Waals surface area contributed by atoms with E-state index >= 15 is 0 Å². The van der Waals surface area contributed by atoms with E-state index in [-0.39, 0.29) is 5.91 Å². The van der Waals surface area contributed by atoms with Crippen LogP contribution in [0.4, 0.5) is 0 Å². The molecule has 1 aromatic carbocycles. The van der Waals surface area contributed by atoms with Gasteiger partial charge in [-0.1, -0.05) is 11.6 Å². The monoisotopic (exact) mass is 209 g/mol. The molecule has 4 nitrogen and oxygen atoms in total. The average molecular weight is 209 g/mol. The number of ether oxygens (including phenoxy) is 1. The molecule has 1 aromatic rings. The summed E-state index contributed by atoms with van der Waals surface area (Å²) in [5.74, 6) is 0.246. The largest absolute Gasteiger partial charge is 0.496 e. The quantitative estimate of drug-likeness (QED) is 0.767. The van der Waals surface area contributed by atoms with Gasteiger partial charge < -0.3 is 4.74 Å². The fraction of sp³-hybridized carbons (Fsp3) is 0.364. The van der Waals surface area contributed by atoms with Gasteiger partial charge in [0, 0.05) is 0 Å². The Bertz CT molecular complexity index is 350. The van der Waals surface area contributed by atoms with Gasteiger partial charge in [0.25, 0.3) is 5.91 Å². The summed E-state index contributed by atoms with van der Waals surface area (Å²) in [5, 5.41) is 0. The Hall–Kier alpha value is -1.55. The number of rotatable bonds is 4. The maximum atomic E-state index is 11.6. The molecular weight excluding hydrogens is 194 g/mol. The number of amides is 1. The van der Waals surface area contributed by atoms with Crippen molar-refractivity contribution in [3.8, 4) is 5.75 Å². The lowest BCUT2D eigenvalue weighted by molar-refractivity contribution is 0.0362. The molecule has 1 amide bonds. The Morgan fingerprint density at radius 3 is 2.80 bits per heavy atom. The van der Waals surface area contributed by atoms with Crippen molar-refractivity contribution >= 4 is 5.91 Å². The van der Waals surface area contributed by atoms with Crippen molar-refractivity contribution in [2.45, 2.75) is 13.8 Å². The van der Waals surface area contributed by atoms with Gasteiger partial charge in [-0.15, -0.1) is 0 Å². The van der Waals surface area contributed by atoms with Gasteiger partial charge in [0.15, 0.2) is 0 Å². The molecule has 0 heterocycles. The van der Waals surface area contributed by atoms with Crippen molar-refractivity contribution in [1.29, 1.82) is 0 Å². The summed E-state index contributed by atoms with van der Waals surface area (Å²) >= 11 is 0. The van der Waals surface area contributed by atoms with Gasteiger partial charge in [0.2, 0.25) is 0 Å². The van der Waals surface area contributed by atoms with E-state index in [0.29, 0.717) is 17.9 Å². The van der Waals surface area contributed by atoms with Crippen LogP contribution in [0.1, 0.15) is 22.8 Å². The molecule has 0 aromatic heterocycles. The first-order valence-electron chi connectivity index (χ1n) is 4.75. The highest BCUT2D eigenvalue weighted by molar-refractivity contribution is 5.96. The molecular formula is C11H15NO3. The number of nitrogens with one attached hydrogen (secondary N) is 1. The molecule has 0 saturated heterocycles. The Balaban J connectivity index is 2.90. The van der Waals surface area contributed by atoms with Gasteiger partial charge >= 0.3 is 0 Å². The highest BCUT2D eigenvalue weighted by atomic mass is 16.6. The van der Waals surface area contributed by atoms with Crippen LogP contribution >= 0.6 is 0 Å². The number of aryl methyl sites for hydroxylation is 1. The molecule has 15 heavy (non-hydrogen) atoms. The second kappa shape index (κ2) is 5.36. The van der Waals surface area contributed by atoms with Gasteiger partial charge in [-0.3, -0.25) is 9.63 Å². The number of methoxy groups -OCH3 is 1. The second-order valence-corrected chi connectivity index (χ2v) is 3.07. The summed E-state index contributed by atoms with van der Waals surface area (Å²) < 4.78 is 5.09. The molecule has 0 aliphatic rings. The predicted octanol–water partition coefficient (Wildman–Crippen LogP) is 1.68. The Morgan fingerprint density at radius 2 is 2.20 bits per heavy atom. The zero-order valence-corrected chi connectivity index (χ0v) is 9.16. The van der Waals surface area contributed by atoms with Crippen LogP contribution in [0.15, 0.2) is 18.2 Å². The molecule has 0 saturated carbocycles. The standard InChI is InChI=1S/C11H15NO3/c1-4-15-12-11(13)9-7-8(2)5-6-10(9)14-3/h5-7H,4H2,1-3H3,(H,12,13). The summed E-state index contributed by atoms with van der Waals surface area (Å²) in [4.78, 5) is 16.5. The van der Waals surface area contributed by atoms with Crippen LogP contribution in [0.25, 0.3) is 0 Å². The number of hydrogen-bond acceptors (Lipinski definition) is 3. The lowest BCUT2D eigenvalue weighted by atomic mass is 10.1. The number of hydroxylamine groups is 1. The number of hydrogen-bond donors (Lipinski definition) is 1. The molecule has 0 fully saturated rings. The molecule has 82 valence electrons. The highest BCUT2D eigenvalue weighted by Crippen LogP contribution is 2.19. The van der Waals surface area contributed by atoms with E-state index in [9.17, 15) is 4.79 Å². The van der Waals surface area contributed by atoms with Gasteiger partial charge in [-0.25, -0.2) is 5.48 Å². The number of carbonyl (C=O) groups is 1. The minimum absolute atomic E-state index is 0.294. The van der Waals surface area contributed by atoms with E-state index in [1.54, 1.807) is 19.1 Å². The fourth-order valence-corrected chi connectivity index (χ4v) is 1.19. The van der Waals surface area contributed by atoms with Gasteiger partial charge in [-0.2, -0.15) is 0 Å². The van der Waals surface area contributed by atoms with Crippen LogP contribution in [0.3, 0.4) is 0 Å². The van der Waals surface area contributed by atoms with Crippen molar-refractivity contribution in [2.24, 2.45) is 0 Å². The Kier molecular flexibility index (Phi) is 4.12. The lowest BCUT2D eigenvalue weighted by Crippen LogP contribution is -2.24. The van der Waals surface area contributed by atoms with Crippen molar-refractivity contribution < 1.29 is 14.4 Å². The Morgan fingerprint density at radius 1 is 1.47 bits per heavy atom. The van der Waals surface area contributed by atoms with Crippen molar-refractivity contribution in [3.63, 3.8) is 0 Å². The summed E-state index contributed by atoms with van der Waals surface area (Å²) in [6.07, 6.45) is 0. The first kappa shape index (κ1) is 11.5. The summed E-state index contributed by atoms with van der Waals surface area (Å²) in [6, 6.07) is 5.40. The second-order valence-electron chi connectivity index (χ2n) is 3.07. The molecule has 0 radical (unpaired) electrons. The molecule has 1 N–H and O–H groups in total. The van der Waals surface area contributed by atoms with E-state index in [4.69, 9.17) is 9.57 Å². The molecule has 0 aliphatic heterocycles. The number of carbonyl (C=O) groups excluding carboxylic acids is 1. The zero-order valence-electron chi connectivity index (χ0n) is 9.16. The van der Waals surface area contributed by atoms with Gasteiger partial charge in [0.1, 0.15) is 5.75 Å². The number of benzene rings is 1. The minimum atomic E-state index is -0.294. The molecule has 4 heteroatoms. The van der Waals surface area contributed by atoms with E-state index in [2.05, 4.69) is 5.48 Å². The van der Waals surface area contributed by atoms with Crippen LogP contribution in [0, 0.1) is 6.92 Å². The summed E-state index contributed by atoms with van der Waals surface area (Å²) in [7, 11) is 1.53. The topological polar surface area (TPSA) is 47.6 Å². The zero-order chi connectivity index (χ0) is 11.3. The van der Waals surface area contributed by atoms with Crippen molar-refractivity contribution in [3.05, 3.63) is 29.3 Å². The SMILES string of the molecule is CCONC(=O)c1cc(C)ccc1OC. The third-order valence-corrected chi connectivity index (χ3v) is 1.91. The minimum Gasteiger partial charge on any atom is -0.496 e. The molecule has 0 atom stereocenters. The van der Waals surface area contributed by atoms with E-state index in [1.165, 1.54) is 7.11 Å². The van der Waals surface area contributed by atoms with Crippen molar-refractivity contribution in [1.82, 2.24) is 5.48 Å². The van der Waals surface area contributed by atoms with Gasteiger partial charge in [0.05, 0.1) is 19.3 Å². The third kappa shape index (κ3) is 2.95. The van der Waals surface area contributed by atoms with Crippen LogP contribution < -0.4 is 10.2 Å². The van der Waals surface area contributed by atoms with E-state index in [0.717, 1.165) is 5.56 Å². The molecule has 1 rings (SSSR count). The van der Waals surface area contributed by atoms with Crippen LogP contribution in [-0.2, 0) is 4.84 Å². The Labute approximate surface area is 89.1 Å². The molecule has 0 bridgehead atoms. The van der Waals surface area contributed by atoms with Crippen LogP contribution in [-0.4, -0.2) is 19.6 Å². The normalized spacial score (nSPS) is 9.80. The van der Waals surface area contributed by atoms with Crippen molar-refractivity contribution in [2.75, 3.05) is 13.7 Å². The summed E-state index contributed by atoms with van der Waals surface area (Å²) in [5.41, 5.74) is 3.81. The average Bonchev–Trinajstić information content (AvgIpc) is 2.25. The molecule has 0 aliphatic carbocycles. The third-order valence-electron chi connectivity index (χ3n) is 1.91. The van der Waals surface area contributed by atoms with E-state index < -0.39 is 0 Å². The first-order chi connectivity index (χ1) is 7.19. The molecule has 0 spiro atoms. The fourth-order valence-electron chi connectivity index (χ4n) is 1.19. The van der Waals surface area contributed by atoms with E-state index in [1.807, 2.05) is 13.0 Å². The van der Waals surface area contributed by atoms with Crippen LogP contribution in [0.5, 0.6) is 5.75 Å².